The molecule has 4 aromatic carbocycles. The second-order valence-electron chi connectivity index (χ2n) is 13.8. The number of para-hydroxylation sites is 1. The molecule has 0 saturated carbocycles. The fourth-order valence-corrected chi connectivity index (χ4v) is 5.66. The molecular weight excluding hydrogens is 686 g/mol. The molecule has 0 bridgehead atoms. The van der Waals surface area contributed by atoms with Crippen molar-refractivity contribution in [2.45, 2.75) is 53.6 Å². The van der Waals surface area contributed by atoms with E-state index in [1.807, 2.05) is 45.0 Å². The van der Waals surface area contributed by atoms with Crippen LogP contribution >= 0.6 is 0 Å². The van der Waals surface area contributed by atoms with Gasteiger partial charge in [-0.1, -0.05) is 42.5 Å². The summed E-state index contributed by atoms with van der Waals surface area (Å²) in [6.45, 7) is 10.6. The topological polar surface area (TPSA) is 138 Å². The van der Waals surface area contributed by atoms with E-state index in [1.165, 1.54) is 9.80 Å². The molecule has 0 heterocycles. The van der Waals surface area contributed by atoms with Crippen LogP contribution in [0.5, 0.6) is 5.75 Å². The van der Waals surface area contributed by atoms with Crippen LogP contribution in [0.2, 0.25) is 0 Å². The molecule has 284 valence electrons. The average molecular weight is 736 g/mol. The van der Waals surface area contributed by atoms with Crippen molar-refractivity contribution in [3.8, 4) is 5.75 Å². The summed E-state index contributed by atoms with van der Waals surface area (Å²) < 4.78 is 11.3. The standard InChI is InChI=1S/C42H49N5O7/c1-8-46(35-21-29(2)20-30(3)22-35)39(50)28-53-36-19-13-18-34(25-36)47(27-38(49)45(7)33-16-10-9-11-17-33)37(48)26-43-41(52)44-32-15-12-14-31(23-32)24-40(51)54-42(4,5)6/h9-23,25H,8,24,26-28H2,1-7H3,(H2,43,44,52). The highest BCUT2D eigenvalue weighted by atomic mass is 16.6. The van der Waals surface area contributed by atoms with Crippen LogP contribution in [0.3, 0.4) is 0 Å². The lowest BCUT2D eigenvalue weighted by Gasteiger charge is -2.26. The first-order valence-electron chi connectivity index (χ1n) is 17.7. The second kappa shape index (κ2) is 18.5. The molecule has 4 rings (SSSR count). The van der Waals surface area contributed by atoms with E-state index < -0.39 is 30.1 Å². The second-order valence-corrected chi connectivity index (χ2v) is 13.8. The number of aryl methyl sites for hydroxylation is 2. The van der Waals surface area contributed by atoms with Gasteiger partial charge in [0.1, 0.15) is 17.9 Å². The number of rotatable bonds is 14. The molecule has 2 N–H and O–H groups in total. The molecule has 0 atom stereocenters. The minimum Gasteiger partial charge on any atom is -0.484 e. The molecule has 0 aliphatic carbocycles. The molecule has 12 nitrogen and oxygen atoms in total. The number of benzene rings is 4. The van der Waals surface area contributed by atoms with Gasteiger partial charge in [0.25, 0.3) is 5.91 Å². The first kappa shape index (κ1) is 40.6. The molecular formula is C42H49N5O7. The Morgan fingerprint density at radius 2 is 1.37 bits per heavy atom. The van der Waals surface area contributed by atoms with Gasteiger partial charge in [0.2, 0.25) is 11.8 Å². The van der Waals surface area contributed by atoms with Crippen LogP contribution in [-0.4, -0.2) is 68.6 Å². The number of esters is 1. The highest BCUT2D eigenvalue weighted by Gasteiger charge is 2.24. The number of urea groups is 1. The number of carbonyl (C=O) groups excluding carboxylic acids is 5. The summed E-state index contributed by atoms with van der Waals surface area (Å²) in [5.74, 6) is -1.28. The minimum absolute atomic E-state index is 0.0214. The SMILES string of the molecule is CCN(C(=O)COc1cccc(N(CC(=O)N(C)c2ccccc2)C(=O)CNC(=O)Nc2cccc(CC(=O)OC(C)(C)C)c2)c1)c1cc(C)cc(C)c1. The maximum absolute atomic E-state index is 13.8. The lowest BCUT2D eigenvalue weighted by molar-refractivity contribution is -0.154. The van der Waals surface area contributed by atoms with Gasteiger partial charge in [0.15, 0.2) is 6.61 Å². The van der Waals surface area contributed by atoms with Crippen molar-refractivity contribution in [3.63, 3.8) is 0 Å². The van der Waals surface area contributed by atoms with E-state index in [1.54, 1.807) is 106 Å². The van der Waals surface area contributed by atoms with Gasteiger partial charge in [-0.25, -0.2) is 4.79 Å². The van der Waals surface area contributed by atoms with Gasteiger partial charge in [0, 0.05) is 42.4 Å². The van der Waals surface area contributed by atoms with E-state index in [0.717, 1.165) is 16.8 Å². The molecule has 5 amide bonds. The molecule has 12 heteroatoms. The van der Waals surface area contributed by atoms with E-state index in [2.05, 4.69) is 10.6 Å². The molecule has 0 saturated heterocycles. The Labute approximate surface area is 317 Å². The predicted octanol–water partition coefficient (Wildman–Crippen LogP) is 6.44. The number of nitrogens with one attached hydrogen (secondary N) is 2. The Hall–Kier alpha value is -6.17. The molecule has 0 aromatic heterocycles. The van der Waals surface area contributed by atoms with Crippen molar-refractivity contribution in [2.24, 2.45) is 0 Å². The van der Waals surface area contributed by atoms with Crippen LogP contribution in [0.25, 0.3) is 0 Å². The Morgan fingerprint density at radius 1 is 0.704 bits per heavy atom. The highest BCUT2D eigenvalue weighted by Crippen LogP contribution is 2.24. The largest absolute Gasteiger partial charge is 0.484 e. The van der Waals surface area contributed by atoms with Crippen LogP contribution < -0.4 is 30.1 Å². The minimum atomic E-state index is -0.662. The summed E-state index contributed by atoms with van der Waals surface area (Å²) in [5, 5.41) is 5.25. The van der Waals surface area contributed by atoms with Crippen LogP contribution in [-0.2, 0) is 30.3 Å². The van der Waals surface area contributed by atoms with Gasteiger partial charge >= 0.3 is 12.0 Å². The lowest BCUT2D eigenvalue weighted by Crippen LogP contribution is -2.46. The normalized spacial score (nSPS) is 10.9. The number of ether oxygens (including phenoxy) is 2. The summed E-state index contributed by atoms with van der Waals surface area (Å²) in [7, 11) is 1.61. The fourth-order valence-electron chi connectivity index (χ4n) is 5.66. The number of amides is 5. The number of nitrogens with zero attached hydrogens (tertiary/aromatic N) is 3. The maximum atomic E-state index is 13.8. The molecule has 54 heavy (non-hydrogen) atoms. The molecule has 0 aliphatic heterocycles. The number of anilines is 4. The zero-order chi connectivity index (χ0) is 39.4. The third kappa shape index (κ3) is 12.2. The fraction of sp³-hybridized carbons (Fsp3) is 0.310. The van der Waals surface area contributed by atoms with E-state index in [-0.39, 0.29) is 31.4 Å². The van der Waals surface area contributed by atoms with Gasteiger partial charge in [-0.2, -0.15) is 0 Å². The number of likely N-dealkylation sites (N-methyl/N-ethyl adjacent to an activating group) is 2. The molecule has 0 aliphatic rings. The quantitative estimate of drug-likeness (QED) is 0.142. The summed E-state index contributed by atoms with van der Waals surface area (Å²) in [6, 6.07) is 27.6. The van der Waals surface area contributed by atoms with Crippen LogP contribution in [0.1, 0.15) is 44.4 Å². The predicted molar refractivity (Wildman–Crippen MR) is 211 cm³/mol. The van der Waals surface area contributed by atoms with Crippen molar-refractivity contribution in [2.75, 3.05) is 53.3 Å². The van der Waals surface area contributed by atoms with Crippen molar-refractivity contribution >= 4 is 52.5 Å². The third-order valence-corrected chi connectivity index (χ3v) is 8.09. The maximum Gasteiger partial charge on any atom is 0.319 e. The molecule has 0 radical (unpaired) electrons. The Bertz CT molecular complexity index is 1940. The van der Waals surface area contributed by atoms with Gasteiger partial charge in [-0.15, -0.1) is 0 Å². The summed E-state index contributed by atoms with van der Waals surface area (Å²) >= 11 is 0. The average Bonchev–Trinajstić information content (AvgIpc) is 3.11. The lowest BCUT2D eigenvalue weighted by atomic mass is 10.1. The summed E-state index contributed by atoms with van der Waals surface area (Å²) in [4.78, 5) is 70.1. The summed E-state index contributed by atoms with van der Waals surface area (Å²) in [6.07, 6.45) is 0.0214. The monoisotopic (exact) mass is 735 g/mol. The zero-order valence-electron chi connectivity index (χ0n) is 32.0. The Morgan fingerprint density at radius 3 is 2.04 bits per heavy atom. The molecule has 0 unspecified atom stereocenters. The first-order chi connectivity index (χ1) is 25.6. The Balaban J connectivity index is 1.47. The van der Waals surface area contributed by atoms with Gasteiger partial charge in [-0.05, 0) is 107 Å². The first-order valence-corrected chi connectivity index (χ1v) is 17.7. The van der Waals surface area contributed by atoms with E-state index in [4.69, 9.17) is 9.47 Å². The third-order valence-electron chi connectivity index (χ3n) is 8.09. The number of hydrogen-bond donors (Lipinski definition) is 2. The molecule has 0 fully saturated rings. The van der Waals surface area contributed by atoms with Crippen molar-refractivity contribution in [3.05, 3.63) is 114 Å². The van der Waals surface area contributed by atoms with Crippen molar-refractivity contribution < 1.29 is 33.4 Å². The number of hydrogen-bond acceptors (Lipinski definition) is 7. The van der Waals surface area contributed by atoms with Gasteiger partial charge in [0.05, 0.1) is 13.0 Å². The smallest absolute Gasteiger partial charge is 0.319 e. The van der Waals surface area contributed by atoms with Crippen molar-refractivity contribution in [1.29, 1.82) is 0 Å². The van der Waals surface area contributed by atoms with Gasteiger partial charge < -0.3 is 34.8 Å². The molecule has 4 aromatic rings. The van der Waals surface area contributed by atoms with E-state index in [0.29, 0.717) is 34.9 Å². The summed E-state index contributed by atoms with van der Waals surface area (Å²) in [5.41, 5.74) is 4.26. The molecule has 0 spiro atoms. The zero-order valence-corrected chi connectivity index (χ0v) is 32.0. The van der Waals surface area contributed by atoms with Crippen molar-refractivity contribution in [1.82, 2.24) is 5.32 Å². The van der Waals surface area contributed by atoms with Gasteiger partial charge in [-0.3, -0.25) is 19.2 Å². The Kier molecular flexibility index (Phi) is 13.9. The highest BCUT2D eigenvalue weighted by molar-refractivity contribution is 6.05. The number of carbonyl (C=O) groups is 5. The van der Waals surface area contributed by atoms with Crippen LogP contribution in [0.15, 0.2) is 97.1 Å². The van der Waals surface area contributed by atoms with Crippen LogP contribution in [0.4, 0.5) is 27.5 Å². The van der Waals surface area contributed by atoms with E-state index in [9.17, 15) is 24.0 Å². The van der Waals surface area contributed by atoms with Crippen LogP contribution in [0, 0.1) is 13.8 Å². The van der Waals surface area contributed by atoms with E-state index >= 15 is 0 Å².